The Bertz CT molecular complexity index is 643. The van der Waals surface area contributed by atoms with E-state index >= 15 is 0 Å². The highest BCUT2D eigenvalue weighted by molar-refractivity contribution is 6.34. The lowest BCUT2D eigenvalue weighted by Gasteiger charge is -2.08. The van der Waals surface area contributed by atoms with E-state index in [0.29, 0.717) is 5.69 Å². The van der Waals surface area contributed by atoms with Gasteiger partial charge in [-0.1, -0.05) is 11.6 Å². The van der Waals surface area contributed by atoms with E-state index < -0.39 is 5.91 Å². The average molecular weight is 280 g/mol. The first-order chi connectivity index (χ1) is 8.97. The van der Waals surface area contributed by atoms with Crippen molar-refractivity contribution in [2.75, 3.05) is 5.32 Å². The van der Waals surface area contributed by atoms with Gasteiger partial charge in [-0.15, -0.1) is 0 Å². The molecule has 5 nitrogen and oxygen atoms in total. The van der Waals surface area contributed by atoms with Crippen LogP contribution in [0.25, 0.3) is 0 Å². The van der Waals surface area contributed by atoms with Gasteiger partial charge in [0.1, 0.15) is 5.75 Å². The molecule has 2 aromatic carbocycles. The van der Waals surface area contributed by atoms with Gasteiger partial charge >= 0.3 is 0 Å². The molecule has 0 saturated heterocycles. The molecule has 1 amide bonds. The molecule has 4 N–H and O–H groups in total. The summed E-state index contributed by atoms with van der Waals surface area (Å²) in [6, 6.07) is 7.84. The van der Waals surface area contributed by atoms with Crippen molar-refractivity contribution in [3.63, 3.8) is 0 Å². The Balaban J connectivity index is 2.23. The molecule has 19 heavy (non-hydrogen) atoms. The van der Waals surface area contributed by atoms with Gasteiger partial charge in [0.2, 0.25) is 0 Å². The molecule has 0 aromatic heterocycles. The third-order valence-corrected chi connectivity index (χ3v) is 2.75. The summed E-state index contributed by atoms with van der Waals surface area (Å²) >= 11 is 5.85. The van der Waals surface area contributed by atoms with E-state index in [2.05, 4.69) is 5.32 Å². The number of amides is 1. The van der Waals surface area contributed by atoms with Crippen LogP contribution >= 0.6 is 11.6 Å². The van der Waals surface area contributed by atoms with E-state index in [-0.39, 0.29) is 27.8 Å². The molecule has 0 fully saturated rings. The maximum absolute atomic E-state index is 11.9. The van der Waals surface area contributed by atoms with Gasteiger partial charge < -0.3 is 20.6 Å². The molecule has 0 aliphatic carbocycles. The third kappa shape index (κ3) is 2.89. The molecule has 2 aromatic rings. The van der Waals surface area contributed by atoms with E-state index in [1.54, 1.807) is 0 Å². The Morgan fingerprint density at radius 1 is 1.00 bits per heavy atom. The zero-order valence-electron chi connectivity index (χ0n) is 9.59. The number of carbonyl (C=O) groups excluding carboxylic acids is 1. The first-order valence-corrected chi connectivity index (χ1v) is 5.67. The van der Waals surface area contributed by atoms with Crippen LogP contribution in [0, 0.1) is 0 Å². The molecule has 6 heteroatoms. The highest BCUT2D eigenvalue weighted by atomic mass is 35.5. The lowest BCUT2D eigenvalue weighted by atomic mass is 10.2. The molecule has 0 bridgehead atoms. The minimum absolute atomic E-state index is 0.00900. The van der Waals surface area contributed by atoms with Crippen molar-refractivity contribution < 1.29 is 20.1 Å². The Morgan fingerprint density at radius 3 is 2.37 bits per heavy atom. The molecular formula is C13H10ClNO4. The number of aromatic hydroxyl groups is 3. The predicted octanol–water partition coefficient (Wildman–Crippen LogP) is 2.71. The number of benzene rings is 2. The number of halogens is 1. The SMILES string of the molecule is O=C(Nc1ccc(O)cc1Cl)c1ccc(O)c(O)c1. The molecule has 0 unspecified atom stereocenters. The van der Waals surface area contributed by atoms with Gasteiger partial charge in [-0.2, -0.15) is 0 Å². The van der Waals surface area contributed by atoms with Crippen LogP contribution in [0.2, 0.25) is 5.02 Å². The summed E-state index contributed by atoms with van der Waals surface area (Å²) in [5.74, 6) is -1.20. The number of rotatable bonds is 2. The van der Waals surface area contributed by atoms with Gasteiger partial charge in [0.15, 0.2) is 11.5 Å². The van der Waals surface area contributed by atoms with E-state index in [9.17, 15) is 15.0 Å². The molecule has 0 radical (unpaired) electrons. The second-order valence-electron chi connectivity index (χ2n) is 3.82. The average Bonchev–Trinajstić information content (AvgIpc) is 2.36. The third-order valence-electron chi connectivity index (χ3n) is 2.44. The van der Waals surface area contributed by atoms with Crippen molar-refractivity contribution in [3.05, 3.63) is 47.0 Å². The highest BCUT2D eigenvalue weighted by Gasteiger charge is 2.11. The zero-order valence-corrected chi connectivity index (χ0v) is 10.3. The van der Waals surface area contributed by atoms with Gasteiger partial charge in [0.25, 0.3) is 5.91 Å². The zero-order chi connectivity index (χ0) is 14.0. The monoisotopic (exact) mass is 279 g/mol. The van der Waals surface area contributed by atoms with Crippen LogP contribution in [-0.4, -0.2) is 21.2 Å². The van der Waals surface area contributed by atoms with Crippen molar-refractivity contribution in [1.29, 1.82) is 0 Å². The molecule has 0 aliphatic heterocycles. The summed E-state index contributed by atoms with van der Waals surface area (Å²) in [5, 5.41) is 30.4. The van der Waals surface area contributed by atoms with Crippen LogP contribution in [0.3, 0.4) is 0 Å². The van der Waals surface area contributed by atoms with Crippen LogP contribution in [-0.2, 0) is 0 Å². The van der Waals surface area contributed by atoms with Crippen molar-refractivity contribution >= 4 is 23.2 Å². The normalized spacial score (nSPS) is 10.2. The fourth-order valence-corrected chi connectivity index (χ4v) is 1.69. The topological polar surface area (TPSA) is 89.8 Å². The molecule has 98 valence electrons. The van der Waals surface area contributed by atoms with Crippen LogP contribution in [0.15, 0.2) is 36.4 Å². The van der Waals surface area contributed by atoms with E-state index in [1.807, 2.05) is 0 Å². The molecule has 0 saturated carbocycles. The van der Waals surface area contributed by atoms with Gasteiger partial charge in [-0.05, 0) is 30.3 Å². The van der Waals surface area contributed by atoms with Gasteiger partial charge in [0.05, 0.1) is 10.7 Å². The Morgan fingerprint density at radius 2 is 1.74 bits per heavy atom. The summed E-state index contributed by atoms with van der Waals surface area (Å²) in [7, 11) is 0. The fraction of sp³-hybridized carbons (Fsp3) is 0. The minimum Gasteiger partial charge on any atom is -0.508 e. The van der Waals surface area contributed by atoms with Gasteiger partial charge in [0, 0.05) is 11.6 Å². The number of hydrogen-bond donors (Lipinski definition) is 4. The van der Waals surface area contributed by atoms with Crippen LogP contribution < -0.4 is 5.32 Å². The van der Waals surface area contributed by atoms with Gasteiger partial charge in [-0.25, -0.2) is 0 Å². The van der Waals surface area contributed by atoms with E-state index in [1.165, 1.54) is 30.3 Å². The second-order valence-corrected chi connectivity index (χ2v) is 4.23. The van der Waals surface area contributed by atoms with Crippen molar-refractivity contribution in [3.8, 4) is 17.2 Å². The first-order valence-electron chi connectivity index (χ1n) is 5.29. The number of anilines is 1. The van der Waals surface area contributed by atoms with Crippen molar-refractivity contribution in [1.82, 2.24) is 0 Å². The van der Waals surface area contributed by atoms with Crippen LogP contribution in [0.4, 0.5) is 5.69 Å². The Labute approximate surface area is 113 Å². The first kappa shape index (κ1) is 13.0. The van der Waals surface area contributed by atoms with Crippen molar-refractivity contribution in [2.24, 2.45) is 0 Å². The molecule has 0 atom stereocenters. The minimum atomic E-state index is -0.497. The summed E-state index contributed by atoms with van der Waals surface area (Å²) < 4.78 is 0. The number of carbonyl (C=O) groups is 1. The van der Waals surface area contributed by atoms with Crippen LogP contribution in [0.1, 0.15) is 10.4 Å². The summed E-state index contributed by atoms with van der Waals surface area (Å²) in [5.41, 5.74) is 0.497. The van der Waals surface area contributed by atoms with Gasteiger partial charge in [-0.3, -0.25) is 4.79 Å². The molecule has 2 rings (SSSR count). The molecule has 0 spiro atoms. The lowest BCUT2D eigenvalue weighted by Crippen LogP contribution is -2.11. The molecular weight excluding hydrogens is 270 g/mol. The maximum Gasteiger partial charge on any atom is 0.255 e. The number of hydrogen-bond acceptors (Lipinski definition) is 4. The molecule has 0 heterocycles. The highest BCUT2D eigenvalue weighted by Crippen LogP contribution is 2.28. The molecule has 0 aliphatic rings. The second kappa shape index (κ2) is 5.07. The smallest absolute Gasteiger partial charge is 0.255 e. The van der Waals surface area contributed by atoms with Crippen molar-refractivity contribution in [2.45, 2.75) is 0 Å². The van der Waals surface area contributed by atoms with E-state index in [0.717, 1.165) is 6.07 Å². The summed E-state index contributed by atoms with van der Waals surface area (Å²) in [4.78, 5) is 11.9. The van der Waals surface area contributed by atoms with Crippen LogP contribution in [0.5, 0.6) is 17.2 Å². The quantitative estimate of drug-likeness (QED) is 0.502. The number of phenolic OH excluding ortho intramolecular Hbond substituents is 3. The Kier molecular flexibility index (Phi) is 3.48. The number of phenols is 3. The summed E-state index contributed by atoms with van der Waals surface area (Å²) in [6.07, 6.45) is 0. The maximum atomic E-state index is 11.9. The number of nitrogens with one attached hydrogen (secondary N) is 1. The standard InChI is InChI=1S/C13H10ClNO4/c14-9-6-8(16)2-3-10(9)15-13(19)7-1-4-11(17)12(18)5-7/h1-6,16-18H,(H,15,19). The largest absolute Gasteiger partial charge is 0.508 e. The Hall–Kier alpha value is -2.40. The lowest BCUT2D eigenvalue weighted by molar-refractivity contribution is 0.102. The summed E-state index contributed by atoms with van der Waals surface area (Å²) in [6.45, 7) is 0. The predicted molar refractivity (Wildman–Crippen MR) is 70.8 cm³/mol. The fourth-order valence-electron chi connectivity index (χ4n) is 1.46. The van der Waals surface area contributed by atoms with E-state index in [4.69, 9.17) is 16.7 Å².